The zero-order chi connectivity index (χ0) is 6.62. The highest BCUT2D eigenvalue weighted by molar-refractivity contribution is 7.93. The van der Waals surface area contributed by atoms with Gasteiger partial charge in [-0.05, 0) is 6.42 Å². The molecule has 0 atom stereocenters. The summed E-state index contributed by atoms with van der Waals surface area (Å²) in [6.07, 6.45) is 3.57. The Labute approximate surface area is 50.1 Å². The van der Waals surface area contributed by atoms with E-state index in [0.717, 1.165) is 6.42 Å². The number of sulfone groups is 1. The maximum absolute atomic E-state index is 10.3. The number of rotatable bonds is 2. The van der Waals surface area contributed by atoms with Crippen molar-refractivity contribution in [2.45, 2.75) is 13.3 Å². The Bertz CT molecular complexity index is 165. The Balaban J connectivity index is 3.92. The molecule has 0 amide bonds. The molecule has 2 nitrogen and oxygen atoms in total. The third-order valence-electron chi connectivity index (χ3n) is 0.579. The Kier molecular flexibility index (Phi) is 2.76. The third-order valence-corrected chi connectivity index (χ3v) is 1.27. The van der Waals surface area contributed by atoms with Gasteiger partial charge in [0.1, 0.15) is 0 Å². The molecule has 0 spiro atoms. The maximum Gasteiger partial charge on any atom is 0.168 e. The van der Waals surface area contributed by atoms with E-state index >= 15 is 0 Å². The van der Waals surface area contributed by atoms with Gasteiger partial charge in [-0.25, -0.2) is 8.42 Å². The van der Waals surface area contributed by atoms with Crippen LogP contribution < -0.4 is 0 Å². The molecule has 0 heterocycles. The van der Waals surface area contributed by atoms with Crippen LogP contribution in [0.25, 0.3) is 0 Å². The number of allylic oxidation sites excluding steroid dienone is 1. The molecule has 0 aliphatic rings. The maximum atomic E-state index is 10.3. The van der Waals surface area contributed by atoms with E-state index < -0.39 is 9.84 Å². The van der Waals surface area contributed by atoms with Crippen molar-refractivity contribution in [1.29, 1.82) is 0 Å². The fourth-order valence-electron chi connectivity index (χ4n) is 0.271. The van der Waals surface area contributed by atoms with Crippen molar-refractivity contribution in [1.82, 2.24) is 0 Å². The molecule has 3 heteroatoms. The molecule has 8 heavy (non-hydrogen) atoms. The van der Waals surface area contributed by atoms with E-state index in [9.17, 15) is 8.42 Å². The molecule has 0 aromatic carbocycles. The van der Waals surface area contributed by atoms with Crippen LogP contribution >= 0.6 is 0 Å². The minimum atomic E-state index is -2.87. The van der Waals surface area contributed by atoms with E-state index in [1.165, 1.54) is 11.7 Å². The van der Waals surface area contributed by atoms with Crippen LogP contribution in [0.4, 0.5) is 0 Å². The molecule has 0 saturated heterocycles. The normalized spacial score (nSPS) is 12.8. The number of hydrogen-bond donors (Lipinski definition) is 0. The summed E-state index contributed by atoms with van der Waals surface area (Å²) in [6, 6.07) is 0. The van der Waals surface area contributed by atoms with E-state index in [4.69, 9.17) is 0 Å². The first-order valence-corrected chi connectivity index (χ1v) is 4.38. The average molecular weight is 134 g/mol. The molecule has 0 rings (SSSR count). The molecule has 0 bridgehead atoms. The first kappa shape index (κ1) is 7.69. The van der Waals surface area contributed by atoms with E-state index in [1.807, 2.05) is 6.92 Å². The van der Waals surface area contributed by atoms with Gasteiger partial charge in [0.05, 0.1) is 0 Å². The lowest BCUT2D eigenvalue weighted by Gasteiger charge is -1.80. The molecule has 0 fully saturated rings. The van der Waals surface area contributed by atoms with Gasteiger partial charge >= 0.3 is 0 Å². The highest BCUT2D eigenvalue weighted by atomic mass is 32.2. The van der Waals surface area contributed by atoms with Crippen molar-refractivity contribution in [3.63, 3.8) is 0 Å². The van der Waals surface area contributed by atoms with Crippen molar-refractivity contribution >= 4 is 9.84 Å². The molecule has 0 aromatic rings. The van der Waals surface area contributed by atoms with Crippen molar-refractivity contribution in [3.05, 3.63) is 11.5 Å². The summed E-state index contributed by atoms with van der Waals surface area (Å²) < 4.78 is 20.6. The van der Waals surface area contributed by atoms with Gasteiger partial charge in [-0.1, -0.05) is 13.0 Å². The lowest BCUT2D eigenvalue weighted by molar-refractivity contribution is 0.610. The fraction of sp³-hybridized carbons (Fsp3) is 0.600. The minimum Gasteiger partial charge on any atom is -0.225 e. The van der Waals surface area contributed by atoms with Gasteiger partial charge in [-0.2, -0.15) is 0 Å². The van der Waals surface area contributed by atoms with Crippen molar-refractivity contribution in [2.24, 2.45) is 0 Å². The second-order valence-corrected chi connectivity index (χ2v) is 3.54. The van der Waals surface area contributed by atoms with Crippen LogP contribution in [-0.4, -0.2) is 14.7 Å². The molecule has 0 aliphatic heterocycles. The van der Waals surface area contributed by atoms with Crippen LogP contribution in [0.1, 0.15) is 13.3 Å². The van der Waals surface area contributed by atoms with Crippen LogP contribution in [-0.2, 0) is 9.84 Å². The van der Waals surface area contributed by atoms with Gasteiger partial charge in [0, 0.05) is 11.7 Å². The molecule has 0 saturated carbocycles. The summed E-state index contributed by atoms with van der Waals surface area (Å²) in [5.74, 6) is 0. The summed E-state index contributed by atoms with van der Waals surface area (Å²) in [4.78, 5) is 0. The highest BCUT2D eigenvalue weighted by Crippen LogP contribution is 1.86. The summed E-state index contributed by atoms with van der Waals surface area (Å²) in [7, 11) is -2.87. The van der Waals surface area contributed by atoms with Crippen LogP contribution in [0.3, 0.4) is 0 Å². The van der Waals surface area contributed by atoms with E-state index in [1.54, 1.807) is 6.08 Å². The van der Waals surface area contributed by atoms with E-state index in [-0.39, 0.29) is 0 Å². The van der Waals surface area contributed by atoms with Gasteiger partial charge in [0.25, 0.3) is 0 Å². The molecular formula is C5H10O2S. The molecule has 0 unspecified atom stereocenters. The topological polar surface area (TPSA) is 34.1 Å². The summed E-state index contributed by atoms with van der Waals surface area (Å²) in [6.45, 7) is 1.89. The molecule has 0 radical (unpaired) electrons. The van der Waals surface area contributed by atoms with Crippen LogP contribution in [0, 0.1) is 0 Å². The quantitative estimate of drug-likeness (QED) is 0.563. The molecule has 0 N–H and O–H groups in total. The van der Waals surface area contributed by atoms with Gasteiger partial charge in [0.15, 0.2) is 9.84 Å². The Morgan fingerprint density at radius 2 is 2.00 bits per heavy atom. The van der Waals surface area contributed by atoms with Gasteiger partial charge in [-0.15, -0.1) is 0 Å². The zero-order valence-electron chi connectivity index (χ0n) is 5.09. The average Bonchev–Trinajstić information content (AvgIpc) is 1.59. The van der Waals surface area contributed by atoms with Crippen LogP contribution in [0.5, 0.6) is 0 Å². The molecule has 0 aliphatic carbocycles. The number of hydrogen-bond acceptors (Lipinski definition) is 2. The summed E-state index contributed by atoms with van der Waals surface area (Å²) in [5.41, 5.74) is 0. The highest BCUT2D eigenvalue weighted by Gasteiger charge is 1.88. The van der Waals surface area contributed by atoms with Gasteiger partial charge < -0.3 is 0 Å². The molecule has 0 aromatic heterocycles. The van der Waals surface area contributed by atoms with E-state index in [2.05, 4.69) is 0 Å². The fourth-order valence-corrected chi connectivity index (χ4v) is 0.813. The predicted octanol–water partition coefficient (Wildman–Crippen LogP) is 0.955. The first-order valence-electron chi connectivity index (χ1n) is 2.43. The lowest BCUT2D eigenvalue weighted by atomic mass is 10.5. The van der Waals surface area contributed by atoms with E-state index in [0.29, 0.717) is 0 Å². The van der Waals surface area contributed by atoms with Crippen molar-refractivity contribution in [3.8, 4) is 0 Å². The first-order chi connectivity index (χ1) is 3.56. The minimum absolute atomic E-state index is 0.771. The standard InChI is InChI=1S/C5H10O2S/c1-3-4-5-8(2,6)7/h4-5H,3H2,1-2H3/b5-4-. The SMILES string of the molecule is CC/C=C\S(C)(=O)=O. The van der Waals surface area contributed by atoms with Crippen molar-refractivity contribution < 1.29 is 8.42 Å². The Hall–Kier alpha value is -0.310. The van der Waals surface area contributed by atoms with Gasteiger partial charge in [-0.3, -0.25) is 0 Å². The largest absolute Gasteiger partial charge is 0.225 e. The van der Waals surface area contributed by atoms with Crippen LogP contribution in [0.15, 0.2) is 11.5 Å². The predicted molar refractivity (Wildman–Crippen MR) is 34.3 cm³/mol. The zero-order valence-corrected chi connectivity index (χ0v) is 5.90. The molecule has 48 valence electrons. The lowest BCUT2D eigenvalue weighted by Crippen LogP contribution is -1.86. The third kappa shape index (κ3) is 5.69. The second kappa shape index (κ2) is 2.87. The Morgan fingerprint density at radius 1 is 1.50 bits per heavy atom. The van der Waals surface area contributed by atoms with Crippen LogP contribution in [0.2, 0.25) is 0 Å². The van der Waals surface area contributed by atoms with Gasteiger partial charge in [0.2, 0.25) is 0 Å². The van der Waals surface area contributed by atoms with Crippen molar-refractivity contribution in [2.75, 3.05) is 6.26 Å². The summed E-state index contributed by atoms with van der Waals surface area (Å²) >= 11 is 0. The second-order valence-electron chi connectivity index (χ2n) is 1.61. The summed E-state index contributed by atoms with van der Waals surface area (Å²) in [5, 5.41) is 1.22. The Morgan fingerprint density at radius 3 is 2.12 bits per heavy atom. The molecular weight excluding hydrogens is 124 g/mol. The smallest absolute Gasteiger partial charge is 0.168 e. The monoisotopic (exact) mass is 134 g/mol.